The Morgan fingerprint density at radius 3 is 2.54 bits per heavy atom. The average Bonchev–Trinajstić information content (AvgIpc) is 3.52. The van der Waals surface area contributed by atoms with E-state index < -0.39 is 0 Å². The van der Waals surface area contributed by atoms with Gasteiger partial charge in [-0.1, -0.05) is 24.3 Å². The summed E-state index contributed by atoms with van der Waals surface area (Å²) < 4.78 is 6.59. The Hall–Kier alpha value is -2.34. The van der Waals surface area contributed by atoms with Gasteiger partial charge >= 0.3 is 0 Å². The van der Waals surface area contributed by atoms with E-state index in [4.69, 9.17) is 4.74 Å². The van der Waals surface area contributed by atoms with Crippen LogP contribution in [0, 0.1) is 5.92 Å². The predicted molar refractivity (Wildman–Crippen MR) is 113 cm³/mol. The van der Waals surface area contributed by atoms with E-state index in [0.29, 0.717) is 19.4 Å². The zero-order valence-electron chi connectivity index (χ0n) is 15.9. The molecule has 2 aromatic carbocycles. The Balaban J connectivity index is 1.38. The molecule has 148 valence electrons. The number of carbonyl (C=O) groups excluding carboxylic acids is 2. The highest BCUT2D eigenvalue weighted by Gasteiger charge is 2.29. The van der Waals surface area contributed by atoms with Crippen LogP contribution in [0.15, 0.2) is 53.0 Å². The van der Waals surface area contributed by atoms with Gasteiger partial charge in [0.25, 0.3) is 0 Å². The van der Waals surface area contributed by atoms with Gasteiger partial charge in [0, 0.05) is 18.0 Å². The van der Waals surface area contributed by atoms with Gasteiger partial charge < -0.3 is 15.4 Å². The van der Waals surface area contributed by atoms with Crippen molar-refractivity contribution in [2.45, 2.75) is 38.6 Å². The SMILES string of the molecule is CC(NC(=O)CCCOc1ccccc1Br)c1ccc(NC(=O)C2CC2)cc1. The molecule has 28 heavy (non-hydrogen) atoms. The molecular formula is C22H25BrN2O3. The molecule has 6 heteroatoms. The van der Waals surface area contributed by atoms with E-state index in [0.717, 1.165) is 34.3 Å². The number of nitrogens with one attached hydrogen (secondary N) is 2. The van der Waals surface area contributed by atoms with Crippen LogP contribution in [0.1, 0.15) is 44.2 Å². The first-order valence-electron chi connectivity index (χ1n) is 9.60. The lowest BCUT2D eigenvalue weighted by Gasteiger charge is -2.15. The molecule has 5 nitrogen and oxygen atoms in total. The Bertz CT molecular complexity index is 819. The van der Waals surface area contributed by atoms with E-state index >= 15 is 0 Å². The Morgan fingerprint density at radius 2 is 1.86 bits per heavy atom. The molecule has 1 aliphatic carbocycles. The lowest BCUT2D eigenvalue weighted by atomic mass is 10.1. The van der Waals surface area contributed by atoms with Gasteiger partial charge in [0.1, 0.15) is 5.75 Å². The first kappa shape index (κ1) is 20.4. The molecule has 1 saturated carbocycles. The van der Waals surface area contributed by atoms with Crippen LogP contribution >= 0.6 is 15.9 Å². The van der Waals surface area contributed by atoms with Gasteiger partial charge in [-0.25, -0.2) is 0 Å². The number of benzene rings is 2. The van der Waals surface area contributed by atoms with Gasteiger partial charge in [-0.2, -0.15) is 0 Å². The summed E-state index contributed by atoms with van der Waals surface area (Å²) in [6.07, 6.45) is 3.03. The second kappa shape index (κ2) is 9.73. The number of rotatable bonds is 9. The third-order valence-corrected chi connectivity index (χ3v) is 5.30. The van der Waals surface area contributed by atoms with Crippen molar-refractivity contribution in [3.63, 3.8) is 0 Å². The minimum atomic E-state index is -0.0927. The lowest BCUT2D eigenvalue weighted by Crippen LogP contribution is -2.26. The number of amides is 2. The fraction of sp³-hybridized carbons (Fsp3) is 0.364. The molecule has 0 bridgehead atoms. The van der Waals surface area contributed by atoms with E-state index in [1.165, 1.54) is 0 Å². The number of anilines is 1. The van der Waals surface area contributed by atoms with Gasteiger partial charge in [-0.3, -0.25) is 9.59 Å². The molecule has 0 radical (unpaired) electrons. The molecule has 1 atom stereocenters. The highest BCUT2D eigenvalue weighted by Crippen LogP contribution is 2.30. The van der Waals surface area contributed by atoms with Crippen molar-refractivity contribution in [1.29, 1.82) is 0 Å². The maximum atomic E-state index is 12.2. The van der Waals surface area contributed by atoms with Crippen LogP contribution in [0.5, 0.6) is 5.75 Å². The highest BCUT2D eigenvalue weighted by atomic mass is 79.9. The molecule has 0 aromatic heterocycles. The smallest absolute Gasteiger partial charge is 0.227 e. The third-order valence-electron chi connectivity index (χ3n) is 4.65. The fourth-order valence-electron chi connectivity index (χ4n) is 2.82. The number of carbonyl (C=O) groups is 2. The average molecular weight is 445 g/mol. The van der Waals surface area contributed by atoms with Crippen LogP contribution in [0.4, 0.5) is 5.69 Å². The molecule has 2 amide bonds. The van der Waals surface area contributed by atoms with E-state index in [2.05, 4.69) is 26.6 Å². The first-order chi connectivity index (χ1) is 13.5. The summed E-state index contributed by atoms with van der Waals surface area (Å²) in [7, 11) is 0. The summed E-state index contributed by atoms with van der Waals surface area (Å²) in [5.41, 5.74) is 1.80. The van der Waals surface area contributed by atoms with Crippen molar-refractivity contribution < 1.29 is 14.3 Å². The zero-order valence-corrected chi connectivity index (χ0v) is 17.5. The monoisotopic (exact) mass is 444 g/mol. The number of hydrogen-bond acceptors (Lipinski definition) is 3. The molecule has 2 aromatic rings. The third kappa shape index (κ3) is 6.09. The van der Waals surface area contributed by atoms with Gasteiger partial charge in [0.15, 0.2) is 0 Å². The standard InChI is InChI=1S/C22H25BrN2O3/c1-15(16-10-12-18(13-11-16)25-22(27)17-8-9-17)24-21(26)7-4-14-28-20-6-3-2-5-19(20)23/h2-3,5-6,10-13,15,17H,4,7-9,14H2,1H3,(H,24,26)(H,25,27). The topological polar surface area (TPSA) is 67.4 Å². The molecule has 0 aliphatic heterocycles. The molecule has 1 unspecified atom stereocenters. The van der Waals surface area contributed by atoms with Crippen molar-refractivity contribution in [2.24, 2.45) is 5.92 Å². The summed E-state index contributed by atoms with van der Waals surface area (Å²) >= 11 is 3.44. The quantitative estimate of drug-likeness (QED) is 0.543. The molecular weight excluding hydrogens is 420 g/mol. The van der Waals surface area contributed by atoms with E-state index in [1.807, 2.05) is 55.5 Å². The van der Waals surface area contributed by atoms with Crippen LogP contribution in [0.25, 0.3) is 0 Å². The summed E-state index contributed by atoms with van der Waals surface area (Å²) in [5.74, 6) is 1.06. The normalized spacial score (nSPS) is 14.2. The molecule has 0 saturated heterocycles. The van der Waals surface area contributed by atoms with E-state index in [1.54, 1.807) is 0 Å². The van der Waals surface area contributed by atoms with E-state index in [-0.39, 0.29) is 23.8 Å². The molecule has 2 N–H and O–H groups in total. The van der Waals surface area contributed by atoms with Crippen LogP contribution in [0.3, 0.4) is 0 Å². The van der Waals surface area contributed by atoms with Crippen molar-refractivity contribution in [3.8, 4) is 5.75 Å². The van der Waals surface area contributed by atoms with Gasteiger partial charge in [0.2, 0.25) is 11.8 Å². The van der Waals surface area contributed by atoms with E-state index in [9.17, 15) is 9.59 Å². The predicted octanol–water partition coefficient (Wildman–Crippen LogP) is 4.83. The largest absolute Gasteiger partial charge is 0.492 e. The Morgan fingerprint density at radius 1 is 1.14 bits per heavy atom. The zero-order chi connectivity index (χ0) is 19.9. The van der Waals surface area contributed by atoms with Crippen molar-refractivity contribution in [1.82, 2.24) is 5.32 Å². The molecule has 1 fully saturated rings. The van der Waals surface area contributed by atoms with Gasteiger partial charge in [0.05, 0.1) is 17.1 Å². The Labute approximate surface area is 174 Å². The number of halogens is 1. The summed E-state index contributed by atoms with van der Waals surface area (Å²) in [4.78, 5) is 24.0. The second-order valence-electron chi connectivity index (χ2n) is 7.06. The highest BCUT2D eigenvalue weighted by molar-refractivity contribution is 9.10. The summed E-state index contributed by atoms with van der Waals surface area (Å²) in [6, 6.07) is 15.2. The van der Waals surface area contributed by atoms with Gasteiger partial charge in [-0.05, 0) is 71.9 Å². The first-order valence-corrected chi connectivity index (χ1v) is 10.4. The van der Waals surface area contributed by atoms with Gasteiger partial charge in [-0.15, -0.1) is 0 Å². The summed E-state index contributed by atoms with van der Waals surface area (Å²) in [5, 5.41) is 5.92. The van der Waals surface area contributed by atoms with Crippen LogP contribution < -0.4 is 15.4 Å². The maximum Gasteiger partial charge on any atom is 0.227 e. The lowest BCUT2D eigenvalue weighted by molar-refractivity contribution is -0.122. The van der Waals surface area contributed by atoms with Crippen LogP contribution in [-0.2, 0) is 9.59 Å². The molecule has 0 spiro atoms. The minimum absolute atomic E-state index is 0.00524. The number of ether oxygens (including phenoxy) is 1. The second-order valence-corrected chi connectivity index (χ2v) is 7.91. The fourth-order valence-corrected chi connectivity index (χ4v) is 3.22. The van der Waals surface area contributed by atoms with Crippen LogP contribution in [0.2, 0.25) is 0 Å². The Kier molecular flexibility index (Phi) is 7.09. The molecule has 3 rings (SSSR count). The van der Waals surface area contributed by atoms with Crippen molar-refractivity contribution >= 4 is 33.4 Å². The molecule has 1 aliphatic rings. The van der Waals surface area contributed by atoms with Crippen molar-refractivity contribution in [3.05, 3.63) is 58.6 Å². The van der Waals surface area contributed by atoms with Crippen molar-refractivity contribution in [2.75, 3.05) is 11.9 Å². The minimum Gasteiger partial charge on any atom is -0.492 e. The number of hydrogen-bond donors (Lipinski definition) is 2. The van der Waals surface area contributed by atoms with Crippen LogP contribution in [-0.4, -0.2) is 18.4 Å². The number of para-hydroxylation sites is 1. The maximum absolute atomic E-state index is 12.2. The molecule has 0 heterocycles. The summed E-state index contributed by atoms with van der Waals surface area (Å²) in [6.45, 7) is 2.44.